The molecule has 2 aromatic carbocycles. The molecule has 0 spiro atoms. The summed E-state index contributed by atoms with van der Waals surface area (Å²) in [7, 11) is -3.51. The molecule has 0 bridgehead atoms. The number of sulfonamides is 1. The first-order chi connectivity index (χ1) is 14.4. The SMILES string of the molecule is CCOc1ccc(CCCNC(=O)[C@H]2CN(S(=O)(=O)CC)c3ccccc3O2)cc1. The predicted molar refractivity (Wildman–Crippen MR) is 117 cm³/mol. The molecule has 1 aliphatic heterocycles. The van der Waals surface area contributed by atoms with E-state index in [0.29, 0.717) is 24.6 Å². The van der Waals surface area contributed by atoms with E-state index in [1.54, 1.807) is 31.2 Å². The molecule has 7 nitrogen and oxygen atoms in total. The number of para-hydroxylation sites is 2. The van der Waals surface area contributed by atoms with Crippen LogP contribution in [0.5, 0.6) is 11.5 Å². The molecule has 162 valence electrons. The van der Waals surface area contributed by atoms with Crippen molar-refractivity contribution in [3.05, 3.63) is 54.1 Å². The third-order valence-electron chi connectivity index (χ3n) is 4.90. The fourth-order valence-electron chi connectivity index (χ4n) is 3.29. The number of carbonyl (C=O) groups excluding carboxylic acids is 1. The van der Waals surface area contributed by atoms with Crippen molar-refractivity contribution in [1.29, 1.82) is 0 Å². The Bertz CT molecular complexity index is 960. The maximum atomic E-state index is 12.6. The van der Waals surface area contributed by atoms with E-state index >= 15 is 0 Å². The van der Waals surface area contributed by atoms with Gasteiger partial charge in [0.2, 0.25) is 10.0 Å². The van der Waals surface area contributed by atoms with Gasteiger partial charge in [-0.3, -0.25) is 9.10 Å². The third-order valence-corrected chi connectivity index (χ3v) is 6.65. The summed E-state index contributed by atoms with van der Waals surface area (Å²) in [6.07, 6.45) is 0.698. The molecule has 0 saturated carbocycles. The second-order valence-corrected chi connectivity index (χ2v) is 9.16. The van der Waals surface area contributed by atoms with Crippen molar-refractivity contribution in [2.24, 2.45) is 0 Å². The first kappa shape index (κ1) is 22.0. The van der Waals surface area contributed by atoms with Crippen LogP contribution in [0.3, 0.4) is 0 Å². The predicted octanol–water partition coefficient (Wildman–Crippen LogP) is 2.75. The number of rotatable bonds is 9. The summed E-state index contributed by atoms with van der Waals surface area (Å²) in [5.74, 6) is 0.885. The zero-order valence-electron chi connectivity index (χ0n) is 17.3. The topological polar surface area (TPSA) is 84.9 Å². The zero-order valence-corrected chi connectivity index (χ0v) is 18.2. The molecule has 1 heterocycles. The Morgan fingerprint density at radius 3 is 2.60 bits per heavy atom. The largest absolute Gasteiger partial charge is 0.494 e. The zero-order chi connectivity index (χ0) is 21.6. The van der Waals surface area contributed by atoms with E-state index in [1.165, 1.54) is 4.31 Å². The van der Waals surface area contributed by atoms with Crippen LogP contribution in [0.25, 0.3) is 0 Å². The monoisotopic (exact) mass is 432 g/mol. The van der Waals surface area contributed by atoms with Crippen LogP contribution in [0.2, 0.25) is 0 Å². The Hall–Kier alpha value is -2.74. The smallest absolute Gasteiger partial charge is 0.263 e. The molecule has 0 saturated heterocycles. The first-order valence-electron chi connectivity index (χ1n) is 10.2. The van der Waals surface area contributed by atoms with Crippen molar-refractivity contribution in [3.63, 3.8) is 0 Å². The van der Waals surface area contributed by atoms with Crippen LogP contribution in [-0.2, 0) is 21.2 Å². The summed E-state index contributed by atoms with van der Waals surface area (Å²) in [5.41, 5.74) is 1.63. The summed E-state index contributed by atoms with van der Waals surface area (Å²) in [4.78, 5) is 12.6. The molecule has 0 unspecified atom stereocenters. The van der Waals surface area contributed by atoms with E-state index in [0.717, 1.165) is 24.2 Å². The van der Waals surface area contributed by atoms with E-state index in [2.05, 4.69) is 5.32 Å². The number of nitrogens with zero attached hydrogens (tertiary/aromatic N) is 1. The number of hydrogen-bond acceptors (Lipinski definition) is 5. The summed E-state index contributed by atoms with van der Waals surface area (Å²) in [6.45, 7) is 4.62. The van der Waals surface area contributed by atoms with Gasteiger partial charge < -0.3 is 14.8 Å². The molecule has 0 aromatic heterocycles. The van der Waals surface area contributed by atoms with Crippen molar-refractivity contribution in [2.45, 2.75) is 32.8 Å². The lowest BCUT2D eigenvalue weighted by atomic mass is 10.1. The number of nitrogens with one attached hydrogen (secondary N) is 1. The third kappa shape index (κ3) is 5.24. The maximum absolute atomic E-state index is 12.6. The molecule has 1 atom stereocenters. The highest BCUT2D eigenvalue weighted by Crippen LogP contribution is 2.35. The number of amides is 1. The Morgan fingerprint density at radius 2 is 1.90 bits per heavy atom. The molecule has 3 rings (SSSR count). The molecule has 0 fully saturated rings. The van der Waals surface area contributed by atoms with Crippen LogP contribution in [-0.4, -0.2) is 45.9 Å². The molecular formula is C22H28N2O5S. The minimum Gasteiger partial charge on any atom is -0.494 e. The molecular weight excluding hydrogens is 404 g/mol. The number of carbonyl (C=O) groups is 1. The highest BCUT2D eigenvalue weighted by atomic mass is 32.2. The van der Waals surface area contributed by atoms with Crippen LogP contribution < -0.4 is 19.1 Å². The van der Waals surface area contributed by atoms with Gasteiger partial charge in [-0.2, -0.15) is 0 Å². The molecule has 0 radical (unpaired) electrons. The summed E-state index contributed by atoms with van der Waals surface area (Å²) >= 11 is 0. The van der Waals surface area contributed by atoms with Crippen molar-refractivity contribution in [3.8, 4) is 11.5 Å². The molecule has 1 amide bonds. The maximum Gasteiger partial charge on any atom is 0.263 e. The summed E-state index contributed by atoms with van der Waals surface area (Å²) < 4.78 is 37.5. The molecule has 1 aliphatic rings. The quantitative estimate of drug-likeness (QED) is 0.616. The highest BCUT2D eigenvalue weighted by Gasteiger charge is 2.35. The fraction of sp³-hybridized carbons (Fsp3) is 0.409. The summed E-state index contributed by atoms with van der Waals surface area (Å²) in [6, 6.07) is 14.8. The normalized spacial score (nSPS) is 15.8. The number of benzene rings is 2. The van der Waals surface area contributed by atoms with Crippen LogP contribution in [0.4, 0.5) is 5.69 Å². The van der Waals surface area contributed by atoms with Gasteiger partial charge in [0.15, 0.2) is 6.10 Å². The van der Waals surface area contributed by atoms with Crippen molar-refractivity contribution >= 4 is 21.6 Å². The number of ether oxygens (including phenoxy) is 2. The van der Waals surface area contributed by atoms with Crippen LogP contribution in [0.15, 0.2) is 48.5 Å². The van der Waals surface area contributed by atoms with Crippen molar-refractivity contribution < 1.29 is 22.7 Å². The lowest BCUT2D eigenvalue weighted by molar-refractivity contribution is -0.127. The minimum atomic E-state index is -3.51. The fourth-order valence-corrected chi connectivity index (χ4v) is 4.42. The Balaban J connectivity index is 1.55. The molecule has 8 heteroatoms. The number of anilines is 1. The van der Waals surface area contributed by atoms with E-state index in [1.807, 2.05) is 31.2 Å². The average Bonchev–Trinajstić information content (AvgIpc) is 2.77. The van der Waals surface area contributed by atoms with Crippen LogP contribution >= 0.6 is 0 Å². The van der Waals surface area contributed by atoms with E-state index < -0.39 is 16.1 Å². The Morgan fingerprint density at radius 1 is 1.17 bits per heavy atom. The van der Waals surface area contributed by atoms with Crippen LogP contribution in [0, 0.1) is 0 Å². The number of fused-ring (bicyclic) bond motifs is 1. The van der Waals surface area contributed by atoms with Gasteiger partial charge in [-0.05, 0) is 56.5 Å². The van der Waals surface area contributed by atoms with E-state index in [9.17, 15) is 13.2 Å². The van der Waals surface area contributed by atoms with Gasteiger partial charge in [-0.25, -0.2) is 8.42 Å². The Kier molecular flexibility index (Phi) is 7.20. The van der Waals surface area contributed by atoms with Crippen molar-refractivity contribution in [1.82, 2.24) is 5.32 Å². The molecule has 1 N–H and O–H groups in total. The van der Waals surface area contributed by atoms with Gasteiger partial charge in [0.05, 0.1) is 24.6 Å². The van der Waals surface area contributed by atoms with Gasteiger partial charge in [-0.15, -0.1) is 0 Å². The summed E-state index contributed by atoms with van der Waals surface area (Å²) in [5, 5.41) is 2.87. The average molecular weight is 433 g/mol. The first-order valence-corrected chi connectivity index (χ1v) is 11.8. The molecule has 2 aromatic rings. The minimum absolute atomic E-state index is 0.0299. The van der Waals surface area contributed by atoms with Crippen LogP contribution in [0.1, 0.15) is 25.8 Å². The van der Waals surface area contributed by atoms with Crippen molar-refractivity contribution in [2.75, 3.05) is 29.8 Å². The lowest BCUT2D eigenvalue weighted by Crippen LogP contribution is -2.51. The molecule has 30 heavy (non-hydrogen) atoms. The number of aryl methyl sites for hydroxylation is 1. The molecule has 0 aliphatic carbocycles. The second kappa shape index (κ2) is 9.84. The van der Waals surface area contributed by atoms with Gasteiger partial charge in [-0.1, -0.05) is 24.3 Å². The van der Waals surface area contributed by atoms with Gasteiger partial charge in [0, 0.05) is 6.54 Å². The van der Waals surface area contributed by atoms with E-state index in [4.69, 9.17) is 9.47 Å². The Labute approximate surface area is 178 Å². The second-order valence-electron chi connectivity index (χ2n) is 6.98. The number of hydrogen-bond donors (Lipinski definition) is 1. The highest BCUT2D eigenvalue weighted by molar-refractivity contribution is 7.92. The van der Waals surface area contributed by atoms with Gasteiger partial charge in [0.1, 0.15) is 11.5 Å². The van der Waals surface area contributed by atoms with E-state index in [-0.39, 0.29) is 18.2 Å². The standard InChI is InChI=1S/C22H28N2O5S/c1-3-28-18-13-11-17(12-14-18)8-7-15-23-22(25)21-16-24(30(26,27)4-2)19-9-5-6-10-20(19)29-21/h5-6,9-14,21H,3-4,7-8,15-16H2,1-2H3,(H,23,25)/t21-/m1/s1. The lowest BCUT2D eigenvalue weighted by Gasteiger charge is -2.34. The van der Waals surface area contributed by atoms with Gasteiger partial charge in [0.25, 0.3) is 5.91 Å². The van der Waals surface area contributed by atoms with Gasteiger partial charge >= 0.3 is 0 Å².